The van der Waals surface area contributed by atoms with Crippen LogP contribution in [0.5, 0.6) is 0 Å². The third kappa shape index (κ3) is 4.87. The molecule has 2 aromatic carbocycles. The van der Waals surface area contributed by atoms with Crippen molar-refractivity contribution in [2.24, 2.45) is 0 Å². The van der Waals surface area contributed by atoms with Crippen molar-refractivity contribution in [3.63, 3.8) is 0 Å². The molecule has 0 bridgehead atoms. The van der Waals surface area contributed by atoms with Crippen LogP contribution in [0.3, 0.4) is 0 Å². The zero-order chi connectivity index (χ0) is 24.4. The molecule has 0 saturated heterocycles. The van der Waals surface area contributed by atoms with E-state index in [0.717, 1.165) is 35.1 Å². The van der Waals surface area contributed by atoms with Crippen LogP contribution in [-0.2, 0) is 9.53 Å². The molecule has 178 valence electrons. The summed E-state index contributed by atoms with van der Waals surface area (Å²) in [5.41, 5.74) is 5.20. The standard InChI is InChI=1S/C27H25N3O5/c31-25(32)13-14-30(18-10-11-18)26(33)24-12-9-17(15-28-24)29-27(34)35-16-23-21-7-3-1-5-19(21)20-6-2-4-8-22(20)23/h1-9,12,15,18,23H,10-11,13-14,16H2,(H,29,34)(H,31,32). The van der Waals surface area contributed by atoms with E-state index in [1.165, 1.54) is 12.3 Å². The Hall–Kier alpha value is -4.20. The van der Waals surface area contributed by atoms with Gasteiger partial charge in [-0.05, 0) is 47.2 Å². The van der Waals surface area contributed by atoms with Gasteiger partial charge in [-0.15, -0.1) is 0 Å². The topological polar surface area (TPSA) is 109 Å². The molecule has 1 heterocycles. The minimum absolute atomic E-state index is 0.0366. The second-order valence-electron chi connectivity index (χ2n) is 8.76. The van der Waals surface area contributed by atoms with E-state index in [9.17, 15) is 14.4 Å². The number of carbonyl (C=O) groups is 3. The third-order valence-electron chi connectivity index (χ3n) is 6.39. The van der Waals surface area contributed by atoms with E-state index < -0.39 is 12.1 Å². The Kier molecular flexibility index (Phi) is 6.18. The molecule has 0 radical (unpaired) electrons. The van der Waals surface area contributed by atoms with Crippen molar-refractivity contribution >= 4 is 23.7 Å². The molecular formula is C27H25N3O5. The van der Waals surface area contributed by atoms with E-state index >= 15 is 0 Å². The van der Waals surface area contributed by atoms with E-state index in [2.05, 4.69) is 34.6 Å². The Labute approximate surface area is 202 Å². The van der Waals surface area contributed by atoms with Crippen LogP contribution in [-0.4, -0.2) is 52.2 Å². The highest BCUT2D eigenvalue weighted by atomic mass is 16.5. The minimum atomic E-state index is -0.945. The Morgan fingerprint density at radius 1 is 0.971 bits per heavy atom. The smallest absolute Gasteiger partial charge is 0.411 e. The van der Waals surface area contributed by atoms with Gasteiger partial charge in [-0.1, -0.05) is 48.5 Å². The summed E-state index contributed by atoms with van der Waals surface area (Å²) in [6.07, 6.45) is 2.42. The van der Waals surface area contributed by atoms with E-state index in [0.29, 0.717) is 5.69 Å². The van der Waals surface area contributed by atoms with Gasteiger partial charge >= 0.3 is 12.1 Å². The zero-order valence-electron chi connectivity index (χ0n) is 19.0. The Morgan fingerprint density at radius 2 is 1.63 bits per heavy atom. The molecule has 2 aliphatic rings. The first-order chi connectivity index (χ1) is 17.0. The van der Waals surface area contributed by atoms with Crippen LogP contribution in [0.1, 0.15) is 46.8 Å². The van der Waals surface area contributed by atoms with Crippen LogP contribution >= 0.6 is 0 Å². The highest BCUT2D eigenvalue weighted by molar-refractivity contribution is 5.93. The molecule has 1 fully saturated rings. The number of nitrogens with zero attached hydrogens (tertiary/aromatic N) is 2. The van der Waals surface area contributed by atoms with Crippen molar-refractivity contribution in [1.29, 1.82) is 0 Å². The maximum Gasteiger partial charge on any atom is 0.411 e. The number of aliphatic carboxylic acids is 1. The number of carboxylic acid groups (broad SMARTS) is 1. The van der Waals surface area contributed by atoms with Crippen molar-refractivity contribution in [3.8, 4) is 11.1 Å². The van der Waals surface area contributed by atoms with Crippen LogP contribution in [0.2, 0.25) is 0 Å². The summed E-state index contributed by atoms with van der Waals surface area (Å²) in [6.45, 7) is 0.351. The van der Waals surface area contributed by atoms with Crippen LogP contribution in [0.4, 0.5) is 10.5 Å². The predicted octanol–water partition coefficient (Wildman–Crippen LogP) is 4.52. The van der Waals surface area contributed by atoms with E-state index in [-0.39, 0.29) is 43.1 Å². The molecule has 3 aromatic rings. The molecule has 0 unspecified atom stereocenters. The average Bonchev–Trinajstić information content (AvgIpc) is 3.65. The van der Waals surface area contributed by atoms with Gasteiger partial charge in [0.2, 0.25) is 0 Å². The second-order valence-corrected chi connectivity index (χ2v) is 8.76. The summed E-state index contributed by atoms with van der Waals surface area (Å²) in [4.78, 5) is 41.9. The van der Waals surface area contributed by atoms with Crippen molar-refractivity contribution in [1.82, 2.24) is 9.88 Å². The summed E-state index contributed by atoms with van der Waals surface area (Å²) >= 11 is 0. The Bertz CT molecular complexity index is 1220. The number of anilines is 1. The van der Waals surface area contributed by atoms with Gasteiger partial charge in [0.15, 0.2) is 0 Å². The zero-order valence-corrected chi connectivity index (χ0v) is 19.0. The number of ether oxygens (including phenoxy) is 1. The number of amides is 2. The molecule has 2 aliphatic carbocycles. The number of hydrogen-bond acceptors (Lipinski definition) is 5. The predicted molar refractivity (Wildman–Crippen MR) is 129 cm³/mol. The monoisotopic (exact) mass is 471 g/mol. The van der Waals surface area contributed by atoms with Gasteiger partial charge in [0.05, 0.1) is 18.3 Å². The van der Waals surface area contributed by atoms with E-state index in [1.54, 1.807) is 11.0 Å². The fraction of sp³-hybridized carbons (Fsp3) is 0.259. The fourth-order valence-electron chi connectivity index (χ4n) is 4.55. The quantitative estimate of drug-likeness (QED) is 0.500. The van der Waals surface area contributed by atoms with Crippen LogP contribution in [0, 0.1) is 0 Å². The van der Waals surface area contributed by atoms with E-state index in [4.69, 9.17) is 9.84 Å². The molecular weight excluding hydrogens is 446 g/mol. The van der Waals surface area contributed by atoms with Crippen molar-refractivity contribution < 1.29 is 24.2 Å². The van der Waals surface area contributed by atoms with Crippen LogP contribution in [0.15, 0.2) is 66.9 Å². The van der Waals surface area contributed by atoms with Crippen molar-refractivity contribution in [3.05, 3.63) is 83.7 Å². The first-order valence-electron chi connectivity index (χ1n) is 11.6. The largest absolute Gasteiger partial charge is 0.481 e. The average molecular weight is 472 g/mol. The number of nitrogens with one attached hydrogen (secondary N) is 1. The third-order valence-corrected chi connectivity index (χ3v) is 6.39. The van der Waals surface area contributed by atoms with Crippen molar-refractivity contribution in [2.75, 3.05) is 18.5 Å². The summed E-state index contributed by atoms with van der Waals surface area (Å²) in [7, 11) is 0. The van der Waals surface area contributed by atoms with Gasteiger partial charge < -0.3 is 14.7 Å². The summed E-state index contributed by atoms with van der Waals surface area (Å²) in [5, 5.41) is 11.6. The van der Waals surface area contributed by atoms with Gasteiger partial charge in [-0.3, -0.25) is 14.9 Å². The van der Waals surface area contributed by atoms with Gasteiger partial charge in [0.25, 0.3) is 5.91 Å². The van der Waals surface area contributed by atoms with Crippen LogP contribution in [0.25, 0.3) is 11.1 Å². The molecule has 2 N–H and O–H groups in total. The second kappa shape index (κ2) is 9.58. The molecule has 2 amide bonds. The molecule has 0 atom stereocenters. The molecule has 1 aromatic heterocycles. The van der Waals surface area contributed by atoms with Gasteiger partial charge in [-0.2, -0.15) is 0 Å². The summed E-state index contributed by atoms with van der Waals surface area (Å²) in [6, 6.07) is 19.4. The van der Waals surface area contributed by atoms with Gasteiger partial charge in [0, 0.05) is 18.5 Å². The molecule has 0 aliphatic heterocycles. The molecule has 8 heteroatoms. The number of rotatable bonds is 8. The summed E-state index contributed by atoms with van der Waals surface area (Å²) < 4.78 is 5.55. The first-order valence-corrected chi connectivity index (χ1v) is 11.6. The molecule has 35 heavy (non-hydrogen) atoms. The lowest BCUT2D eigenvalue weighted by Gasteiger charge is -2.21. The SMILES string of the molecule is O=C(O)CCN(C(=O)c1ccc(NC(=O)OCC2c3ccccc3-c3ccccc32)cn1)C1CC1. The first kappa shape index (κ1) is 22.6. The molecule has 8 nitrogen and oxygen atoms in total. The number of carbonyl (C=O) groups excluding carboxylic acids is 2. The number of benzene rings is 2. The maximum atomic E-state index is 12.8. The number of fused-ring (bicyclic) bond motifs is 3. The van der Waals surface area contributed by atoms with Gasteiger partial charge in [-0.25, -0.2) is 9.78 Å². The Morgan fingerprint density at radius 3 is 2.20 bits per heavy atom. The normalized spacial score (nSPS) is 14.1. The number of carboxylic acids is 1. The molecule has 1 saturated carbocycles. The lowest BCUT2D eigenvalue weighted by atomic mass is 9.98. The van der Waals surface area contributed by atoms with Crippen LogP contribution < -0.4 is 5.32 Å². The fourth-order valence-corrected chi connectivity index (χ4v) is 4.55. The van der Waals surface area contributed by atoms with Gasteiger partial charge in [0.1, 0.15) is 12.3 Å². The highest BCUT2D eigenvalue weighted by Crippen LogP contribution is 2.44. The molecule has 0 spiro atoms. The Balaban J connectivity index is 1.20. The number of hydrogen-bond donors (Lipinski definition) is 2. The minimum Gasteiger partial charge on any atom is -0.481 e. The lowest BCUT2D eigenvalue weighted by Crippen LogP contribution is -2.35. The number of aromatic nitrogens is 1. The maximum absolute atomic E-state index is 12.8. The summed E-state index contributed by atoms with van der Waals surface area (Å²) in [5.74, 6) is -1.29. The highest BCUT2D eigenvalue weighted by Gasteiger charge is 2.34. The van der Waals surface area contributed by atoms with E-state index in [1.807, 2.05) is 24.3 Å². The number of pyridine rings is 1. The lowest BCUT2D eigenvalue weighted by molar-refractivity contribution is -0.137. The van der Waals surface area contributed by atoms with Crippen molar-refractivity contribution in [2.45, 2.75) is 31.2 Å². The molecule has 5 rings (SSSR count).